The van der Waals surface area contributed by atoms with Crippen molar-refractivity contribution in [1.29, 1.82) is 0 Å². The van der Waals surface area contributed by atoms with Crippen molar-refractivity contribution in [3.05, 3.63) is 64.2 Å². The maximum absolute atomic E-state index is 12.9. The fourth-order valence-corrected chi connectivity index (χ4v) is 5.28. The highest BCUT2D eigenvalue weighted by Crippen LogP contribution is 2.26. The molecule has 0 radical (unpaired) electrons. The average Bonchev–Trinajstić information content (AvgIpc) is 3.02. The monoisotopic (exact) mass is 421 g/mol. The van der Waals surface area contributed by atoms with Crippen LogP contribution in [0.1, 0.15) is 23.1 Å². The van der Waals surface area contributed by atoms with Crippen molar-refractivity contribution in [3.8, 4) is 5.75 Å². The summed E-state index contributed by atoms with van der Waals surface area (Å²) in [6.07, 6.45) is 0.458. The molecule has 1 amide bonds. The molecule has 1 atom stereocenters. The molecule has 0 aromatic heterocycles. The summed E-state index contributed by atoms with van der Waals surface area (Å²) >= 11 is 6.18. The van der Waals surface area contributed by atoms with Gasteiger partial charge in [-0.2, -0.15) is 0 Å². The molecule has 0 spiro atoms. The summed E-state index contributed by atoms with van der Waals surface area (Å²) in [5, 5.41) is 0.681. The number of carbonyl (C=O) groups excluding carboxylic acids is 1. The van der Waals surface area contributed by atoms with E-state index in [0.717, 1.165) is 16.7 Å². The molecule has 1 heterocycles. The highest BCUT2D eigenvalue weighted by atomic mass is 35.5. The number of hydrogen-bond acceptors (Lipinski definition) is 4. The smallest absolute Gasteiger partial charge is 0.261 e. The van der Waals surface area contributed by atoms with Crippen LogP contribution in [0.4, 0.5) is 0 Å². The third-order valence-corrected chi connectivity index (χ3v) is 7.28. The first-order valence-corrected chi connectivity index (χ1v) is 11.4. The molecule has 7 heteroatoms. The van der Waals surface area contributed by atoms with Gasteiger partial charge in [-0.15, -0.1) is 0 Å². The van der Waals surface area contributed by atoms with E-state index in [2.05, 4.69) is 0 Å². The lowest BCUT2D eigenvalue weighted by Gasteiger charge is -2.28. The average molecular weight is 422 g/mol. The van der Waals surface area contributed by atoms with Gasteiger partial charge in [0.25, 0.3) is 5.91 Å². The molecule has 1 aliphatic heterocycles. The maximum atomic E-state index is 12.9. The van der Waals surface area contributed by atoms with Crippen molar-refractivity contribution >= 4 is 27.3 Å². The molecule has 5 nitrogen and oxygen atoms in total. The van der Waals surface area contributed by atoms with Gasteiger partial charge in [0.1, 0.15) is 5.75 Å². The molecule has 1 aliphatic rings. The van der Waals surface area contributed by atoms with E-state index in [-0.39, 0.29) is 30.1 Å². The zero-order chi connectivity index (χ0) is 20.3. The SMILES string of the molecule is Cc1cc(OCC(=O)N(Cc2ccccc2)[C@@H]2CCS(=O)(=O)C2)cc(C)c1Cl. The number of nitrogens with zero attached hydrogens (tertiary/aromatic N) is 1. The molecular weight excluding hydrogens is 398 g/mol. The summed E-state index contributed by atoms with van der Waals surface area (Å²) in [6.45, 7) is 3.98. The third kappa shape index (κ3) is 5.06. The molecule has 0 saturated carbocycles. The summed E-state index contributed by atoms with van der Waals surface area (Å²) in [4.78, 5) is 14.6. The van der Waals surface area contributed by atoms with E-state index >= 15 is 0 Å². The maximum Gasteiger partial charge on any atom is 0.261 e. The van der Waals surface area contributed by atoms with Crippen LogP contribution >= 0.6 is 11.6 Å². The second-order valence-electron chi connectivity index (χ2n) is 7.22. The van der Waals surface area contributed by atoms with Gasteiger partial charge in [-0.1, -0.05) is 41.9 Å². The van der Waals surface area contributed by atoms with E-state index in [1.54, 1.807) is 17.0 Å². The Kier molecular flexibility index (Phi) is 6.30. The van der Waals surface area contributed by atoms with Crippen molar-refractivity contribution in [2.45, 2.75) is 32.9 Å². The van der Waals surface area contributed by atoms with E-state index in [1.807, 2.05) is 44.2 Å². The van der Waals surface area contributed by atoms with Gasteiger partial charge in [0.2, 0.25) is 0 Å². The summed E-state index contributed by atoms with van der Waals surface area (Å²) in [7, 11) is -3.10. The molecule has 2 aromatic carbocycles. The van der Waals surface area contributed by atoms with Crippen LogP contribution in [0.15, 0.2) is 42.5 Å². The van der Waals surface area contributed by atoms with Crippen LogP contribution in [-0.4, -0.2) is 43.4 Å². The van der Waals surface area contributed by atoms with E-state index in [0.29, 0.717) is 23.7 Å². The number of sulfone groups is 1. The first-order chi connectivity index (χ1) is 13.2. The van der Waals surface area contributed by atoms with Gasteiger partial charge in [0.15, 0.2) is 16.4 Å². The molecular formula is C21H24ClNO4S. The van der Waals surface area contributed by atoms with Gasteiger partial charge < -0.3 is 9.64 Å². The molecule has 3 rings (SSSR count). The first-order valence-electron chi connectivity index (χ1n) is 9.18. The van der Waals surface area contributed by atoms with Crippen molar-refractivity contribution in [2.75, 3.05) is 18.1 Å². The van der Waals surface area contributed by atoms with Crippen LogP contribution in [0.25, 0.3) is 0 Å². The Morgan fingerprint density at radius 2 is 1.82 bits per heavy atom. The van der Waals surface area contributed by atoms with Gasteiger partial charge in [-0.3, -0.25) is 4.79 Å². The molecule has 0 aliphatic carbocycles. The van der Waals surface area contributed by atoms with Crippen LogP contribution in [0.5, 0.6) is 5.75 Å². The van der Waals surface area contributed by atoms with Gasteiger partial charge >= 0.3 is 0 Å². The van der Waals surface area contributed by atoms with Crippen LogP contribution in [0.2, 0.25) is 5.02 Å². The quantitative estimate of drug-likeness (QED) is 0.715. The Morgan fingerprint density at radius 1 is 1.18 bits per heavy atom. The number of rotatable bonds is 6. The lowest BCUT2D eigenvalue weighted by molar-refractivity contribution is -0.136. The summed E-state index contributed by atoms with van der Waals surface area (Å²) < 4.78 is 29.6. The number of benzene rings is 2. The Hall–Kier alpha value is -2.05. The van der Waals surface area contributed by atoms with Crippen LogP contribution < -0.4 is 4.74 Å². The van der Waals surface area contributed by atoms with E-state index in [1.165, 1.54) is 0 Å². The third-order valence-electron chi connectivity index (χ3n) is 4.94. The van der Waals surface area contributed by atoms with Gasteiger partial charge in [0.05, 0.1) is 11.5 Å². The number of halogens is 1. The number of carbonyl (C=O) groups is 1. The van der Waals surface area contributed by atoms with E-state index in [9.17, 15) is 13.2 Å². The predicted octanol–water partition coefficient (Wildman–Crippen LogP) is 3.55. The molecule has 0 bridgehead atoms. The van der Waals surface area contributed by atoms with E-state index in [4.69, 9.17) is 16.3 Å². The highest BCUT2D eigenvalue weighted by molar-refractivity contribution is 7.91. The number of hydrogen-bond donors (Lipinski definition) is 0. The largest absolute Gasteiger partial charge is 0.484 e. The number of aryl methyl sites for hydroxylation is 2. The van der Waals surface area contributed by atoms with Crippen LogP contribution in [0.3, 0.4) is 0 Å². The Labute approximate surface area is 171 Å². The molecule has 0 N–H and O–H groups in total. The predicted molar refractivity (Wildman–Crippen MR) is 110 cm³/mol. The normalized spacial score (nSPS) is 18.0. The lowest BCUT2D eigenvalue weighted by atomic mass is 10.1. The minimum atomic E-state index is -3.10. The highest BCUT2D eigenvalue weighted by Gasteiger charge is 2.34. The lowest BCUT2D eigenvalue weighted by Crippen LogP contribution is -2.43. The van der Waals surface area contributed by atoms with Gasteiger partial charge in [-0.05, 0) is 49.1 Å². The zero-order valence-corrected chi connectivity index (χ0v) is 17.6. The van der Waals surface area contributed by atoms with Crippen LogP contribution in [0, 0.1) is 13.8 Å². The first kappa shape index (κ1) is 20.7. The fourth-order valence-electron chi connectivity index (χ4n) is 3.44. The Morgan fingerprint density at radius 3 is 2.39 bits per heavy atom. The Bertz CT molecular complexity index is 937. The molecule has 0 unspecified atom stereocenters. The topological polar surface area (TPSA) is 63.7 Å². The van der Waals surface area contributed by atoms with Gasteiger partial charge in [0, 0.05) is 17.6 Å². The van der Waals surface area contributed by atoms with Crippen molar-refractivity contribution in [3.63, 3.8) is 0 Å². The number of amides is 1. The molecule has 28 heavy (non-hydrogen) atoms. The molecule has 1 fully saturated rings. The van der Waals surface area contributed by atoms with E-state index < -0.39 is 9.84 Å². The zero-order valence-electron chi connectivity index (χ0n) is 16.0. The van der Waals surface area contributed by atoms with Crippen molar-refractivity contribution in [1.82, 2.24) is 4.90 Å². The summed E-state index contributed by atoms with van der Waals surface area (Å²) in [5.74, 6) is 0.472. The molecule has 1 saturated heterocycles. The fraction of sp³-hybridized carbons (Fsp3) is 0.381. The Balaban J connectivity index is 1.74. The second kappa shape index (κ2) is 8.53. The summed E-state index contributed by atoms with van der Waals surface area (Å²) in [5.41, 5.74) is 2.72. The molecule has 2 aromatic rings. The van der Waals surface area contributed by atoms with Gasteiger partial charge in [-0.25, -0.2) is 8.42 Å². The molecule has 150 valence electrons. The number of ether oxygens (including phenoxy) is 1. The second-order valence-corrected chi connectivity index (χ2v) is 9.83. The minimum absolute atomic E-state index is 0.00470. The van der Waals surface area contributed by atoms with Crippen LogP contribution in [-0.2, 0) is 21.2 Å². The minimum Gasteiger partial charge on any atom is -0.484 e. The standard InChI is InChI=1S/C21H24ClNO4S/c1-15-10-19(11-16(2)21(15)22)27-13-20(24)23(12-17-6-4-3-5-7-17)18-8-9-28(25,26)14-18/h3-7,10-11,18H,8-9,12-14H2,1-2H3/t18-/m1/s1. The summed E-state index contributed by atoms with van der Waals surface area (Å²) in [6, 6.07) is 12.8. The van der Waals surface area contributed by atoms with Crippen molar-refractivity contribution in [2.24, 2.45) is 0 Å². The van der Waals surface area contributed by atoms with Crippen molar-refractivity contribution < 1.29 is 17.9 Å².